The average Bonchev–Trinajstić information content (AvgIpc) is 2.86. The summed E-state index contributed by atoms with van der Waals surface area (Å²) < 4.78 is 16.4. The van der Waals surface area contributed by atoms with Crippen LogP contribution in [0.1, 0.15) is 15.9 Å². The highest BCUT2D eigenvalue weighted by Gasteiger charge is 2.14. The molecular formula is C25H25N3O5S. The molecule has 0 aliphatic heterocycles. The van der Waals surface area contributed by atoms with Gasteiger partial charge in [0, 0.05) is 0 Å². The summed E-state index contributed by atoms with van der Waals surface area (Å²) in [4.78, 5) is 24.8. The van der Waals surface area contributed by atoms with Crippen LogP contribution < -0.4 is 30.4 Å². The van der Waals surface area contributed by atoms with Crippen LogP contribution in [-0.2, 0) is 11.2 Å². The molecule has 0 spiro atoms. The summed E-state index contributed by atoms with van der Waals surface area (Å²) in [6.45, 7) is 0.573. The highest BCUT2D eigenvalue weighted by molar-refractivity contribution is 7.80. The number of para-hydroxylation sites is 2. The van der Waals surface area contributed by atoms with Crippen LogP contribution in [0.3, 0.4) is 0 Å². The number of methoxy groups -OCH3 is 1. The van der Waals surface area contributed by atoms with Gasteiger partial charge in [-0.3, -0.25) is 25.8 Å². The van der Waals surface area contributed by atoms with Crippen molar-refractivity contribution in [3.05, 3.63) is 90.0 Å². The highest BCUT2D eigenvalue weighted by atomic mass is 32.1. The number of amides is 2. The van der Waals surface area contributed by atoms with E-state index >= 15 is 0 Å². The number of thiocarbonyl (C=S) groups is 1. The normalized spacial score (nSPS) is 10.0. The van der Waals surface area contributed by atoms with Gasteiger partial charge in [0.1, 0.15) is 30.5 Å². The first-order chi connectivity index (χ1) is 16.5. The zero-order valence-electron chi connectivity index (χ0n) is 18.6. The first kappa shape index (κ1) is 24.5. The van der Waals surface area contributed by atoms with E-state index in [-0.39, 0.29) is 24.0 Å². The molecule has 0 bridgehead atoms. The number of ether oxygens (including phenoxy) is 3. The minimum atomic E-state index is -0.471. The second kappa shape index (κ2) is 12.8. The average molecular weight is 480 g/mol. The Bertz CT molecular complexity index is 1110. The molecule has 0 aromatic heterocycles. The Morgan fingerprint density at radius 2 is 1.47 bits per heavy atom. The molecule has 8 nitrogen and oxygen atoms in total. The van der Waals surface area contributed by atoms with Gasteiger partial charge in [0.05, 0.1) is 19.1 Å². The first-order valence-electron chi connectivity index (χ1n) is 10.5. The van der Waals surface area contributed by atoms with Crippen molar-refractivity contribution in [3.63, 3.8) is 0 Å². The van der Waals surface area contributed by atoms with Gasteiger partial charge in [-0.15, -0.1) is 0 Å². The number of carbonyl (C=O) groups excluding carboxylic acids is 2. The molecule has 0 radical (unpaired) electrons. The minimum absolute atomic E-state index is 0.0460. The van der Waals surface area contributed by atoms with Crippen LogP contribution in [0.15, 0.2) is 78.9 Å². The van der Waals surface area contributed by atoms with E-state index in [1.165, 1.54) is 0 Å². The lowest BCUT2D eigenvalue weighted by Gasteiger charge is -2.14. The van der Waals surface area contributed by atoms with Crippen molar-refractivity contribution >= 4 is 29.1 Å². The zero-order valence-corrected chi connectivity index (χ0v) is 19.4. The van der Waals surface area contributed by atoms with Crippen LogP contribution in [0, 0.1) is 0 Å². The number of hydrogen-bond donors (Lipinski definition) is 3. The van der Waals surface area contributed by atoms with E-state index in [1.807, 2.05) is 30.3 Å². The Hall–Kier alpha value is -4.11. The molecule has 3 N–H and O–H groups in total. The molecule has 0 unspecified atom stereocenters. The molecule has 3 rings (SSSR count). The minimum Gasteiger partial charge on any atom is -0.497 e. The molecule has 0 saturated carbocycles. The highest BCUT2D eigenvalue weighted by Crippen LogP contribution is 2.18. The van der Waals surface area contributed by atoms with Crippen LogP contribution in [0.2, 0.25) is 0 Å². The summed E-state index contributed by atoms with van der Waals surface area (Å²) >= 11 is 5.11. The van der Waals surface area contributed by atoms with Crippen molar-refractivity contribution in [2.75, 3.05) is 20.3 Å². The maximum Gasteiger partial charge on any atom is 0.261 e. The molecule has 3 aromatic carbocycles. The molecular weight excluding hydrogens is 454 g/mol. The van der Waals surface area contributed by atoms with Crippen LogP contribution in [0.5, 0.6) is 17.2 Å². The van der Waals surface area contributed by atoms with E-state index in [2.05, 4.69) is 16.2 Å². The van der Waals surface area contributed by atoms with E-state index in [0.29, 0.717) is 23.7 Å². The maximum absolute atomic E-state index is 12.7. The lowest BCUT2D eigenvalue weighted by Crippen LogP contribution is -2.48. The number of benzene rings is 3. The summed E-state index contributed by atoms with van der Waals surface area (Å²) in [5.41, 5.74) is 6.10. The number of hydrazine groups is 1. The van der Waals surface area contributed by atoms with E-state index in [0.717, 1.165) is 11.3 Å². The van der Waals surface area contributed by atoms with Crippen LogP contribution in [0.4, 0.5) is 0 Å². The fourth-order valence-electron chi connectivity index (χ4n) is 2.91. The maximum atomic E-state index is 12.7. The molecule has 2 amide bonds. The van der Waals surface area contributed by atoms with Crippen molar-refractivity contribution in [2.45, 2.75) is 6.42 Å². The summed E-state index contributed by atoms with van der Waals surface area (Å²) in [5.74, 6) is 1.05. The summed E-state index contributed by atoms with van der Waals surface area (Å²) in [5, 5.41) is 2.48. The molecule has 0 fully saturated rings. The SMILES string of the molecule is COc1ccc(CC(=O)NNC(=S)NC(=O)c2ccccc2OCCOc2ccccc2)cc1. The molecule has 0 aliphatic rings. The Balaban J connectivity index is 1.44. The van der Waals surface area contributed by atoms with Crippen LogP contribution in [-0.4, -0.2) is 37.3 Å². The van der Waals surface area contributed by atoms with E-state index < -0.39 is 5.91 Å². The summed E-state index contributed by atoms with van der Waals surface area (Å²) in [6, 6.07) is 23.3. The van der Waals surface area contributed by atoms with Crippen molar-refractivity contribution in [3.8, 4) is 17.2 Å². The van der Waals surface area contributed by atoms with E-state index in [9.17, 15) is 9.59 Å². The molecule has 0 aliphatic carbocycles. The smallest absolute Gasteiger partial charge is 0.261 e. The second-order valence-corrected chi connectivity index (χ2v) is 7.40. The standard InChI is InChI=1S/C25H25N3O5S/c1-31-19-13-11-18(12-14-19)17-23(29)27-28-25(34)26-24(30)21-9-5-6-10-22(21)33-16-15-32-20-7-3-2-4-8-20/h2-14H,15-17H2,1H3,(H,27,29)(H2,26,28,30,34). The largest absolute Gasteiger partial charge is 0.497 e. The topological polar surface area (TPSA) is 97.9 Å². The second-order valence-electron chi connectivity index (χ2n) is 6.99. The molecule has 3 aromatic rings. The fourth-order valence-corrected chi connectivity index (χ4v) is 3.05. The van der Waals surface area contributed by atoms with Gasteiger partial charge in [-0.1, -0.05) is 42.5 Å². The predicted octanol–water partition coefficient (Wildman–Crippen LogP) is 3.03. The quantitative estimate of drug-likeness (QED) is 0.247. The lowest BCUT2D eigenvalue weighted by atomic mass is 10.1. The monoisotopic (exact) mass is 479 g/mol. The Morgan fingerprint density at radius 3 is 2.21 bits per heavy atom. The van der Waals surface area contributed by atoms with Gasteiger partial charge in [-0.25, -0.2) is 0 Å². The van der Waals surface area contributed by atoms with Crippen molar-refractivity contribution in [2.24, 2.45) is 0 Å². The molecule has 34 heavy (non-hydrogen) atoms. The van der Waals surface area contributed by atoms with Gasteiger partial charge in [0.15, 0.2) is 5.11 Å². The number of hydrogen-bond acceptors (Lipinski definition) is 6. The van der Waals surface area contributed by atoms with E-state index in [4.69, 9.17) is 26.4 Å². The van der Waals surface area contributed by atoms with Gasteiger partial charge in [0.25, 0.3) is 5.91 Å². The Labute approximate surface area is 203 Å². The molecule has 0 saturated heterocycles. The molecule has 176 valence electrons. The Morgan fingerprint density at radius 1 is 0.794 bits per heavy atom. The van der Waals surface area contributed by atoms with Gasteiger partial charge >= 0.3 is 0 Å². The predicted molar refractivity (Wildman–Crippen MR) is 132 cm³/mol. The third-order valence-corrected chi connectivity index (χ3v) is 4.75. The summed E-state index contributed by atoms with van der Waals surface area (Å²) in [6.07, 6.45) is 0.134. The van der Waals surface area contributed by atoms with Gasteiger partial charge in [-0.05, 0) is 54.2 Å². The fraction of sp³-hybridized carbons (Fsp3) is 0.160. The number of rotatable bonds is 9. The Kier molecular flexibility index (Phi) is 9.24. The third kappa shape index (κ3) is 7.79. The molecule has 0 atom stereocenters. The summed E-state index contributed by atoms with van der Waals surface area (Å²) in [7, 11) is 1.58. The van der Waals surface area contributed by atoms with Gasteiger partial charge in [-0.2, -0.15) is 0 Å². The van der Waals surface area contributed by atoms with Crippen LogP contribution in [0.25, 0.3) is 0 Å². The van der Waals surface area contributed by atoms with E-state index in [1.54, 1.807) is 55.6 Å². The van der Waals surface area contributed by atoms with Crippen molar-refractivity contribution < 1.29 is 23.8 Å². The van der Waals surface area contributed by atoms with Crippen molar-refractivity contribution in [1.29, 1.82) is 0 Å². The third-order valence-electron chi connectivity index (χ3n) is 4.55. The number of nitrogens with one attached hydrogen (secondary N) is 3. The lowest BCUT2D eigenvalue weighted by molar-refractivity contribution is -0.121. The first-order valence-corrected chi connectivity index (χ1v) is 10.9. The van der Waals surface area contributed by atoms with Crippen molar-refractivity contribution in [1.82, 2.24) is 16.2 Å². The van der Waals surface area contributed by atoms with Gasteiger partial charge < -0.3 is 14.2 Å². The van der Waals surface area contributed by atoms with Crippen LogP contribution >= 0.6 is 12.2 Å². The molecule has 9 heteroatoms. The number of carbonyl (C=O) groups is 2. The zero-order chi connectivity index (χ0) is 24.2. The molecule has 0 heterocycles. The van der Waals surface area contributed by atoms with Gasteiger partial charge in [0.2, 0.25) is 5.91 Å².